The predicted octanol–water partition coefficient (Wildman–Crippen LogP) is 1.89. The van der Waals surface area contributed by atoms with E-state index in [-0.39, 0.29) is 18.4 Å². The smallest absolute Gasteiger partial charge is 0.253 e. The number of hydrogen-bond acceptors (Lipinski definition) is 5. The Morgan fingerprint density at radius 1 is 1.28 bits per heavy atom. The van der Waals surface area contributed by atoms with E-state index < -0.39 is 17.2 Å². The molecule has 3 heterocycles. The first-order valence-corrected chi connectivity index (χ1v) is 10.1. The molecule has 4 rings (SSSR count). The Bertz CT molecular complexity index is 935. The van der Waals surface area contributed by atoms with Crippen LogP contribution in [0.3, 0.4) is 0 Å². The second-order valence-corrected chi connectivity index (χ2v) is 8.48. The Balaban J connectivity index is 1.42. The van der Waals surface area contributed by atoms with E-state index in [9.17, 15) is 14.7 Å². The molecule has 7 heteroatoms. The molecule has 29 heavy (non-hydrogen) atoms. The number of carbonyl (C=O) groups excluding carboxylic acids is 2. The lowest BCUT2D eigenvalue weighted by Gasteiger charge is -2.51. The molecule has 0 aliphatic carbocycles. The van der Waals surface area contributed by atoms with Crippen LogP contribution in [0.1, 0.15) is 43.5 Å². The highest BCUT2D eigenvalue weighted by atomic mass is 16.5. The summed E-state index contributed by atoms with van der Waals surface area (Å²) in [6.07, 6.45) is 3.51. The summed E-state index contributed by atoms with van der Waals surface area (Å²) < 4.78 is 6.13. The lowest BCUT2D eigenvalue weighted by molar-refractivity contribution is -0.187. The van der Waals surface area contributed by atoms with Gasteiger partial charge in [-0.3, -0.25) is 14.6 Å². The first-order chi connectivity index (χ1) is 13.8. The molecule has 0 radical (unpaired) electrons. The average molecular weight is 397 g/mol. The van der Waals surface area contributed by atoms with Crippen molar-refractivity contribution in [3.63, 3.8) is 0 Å². The molecule has 1 aromatic heterocycles. The molecule has 1 spiro atoms. The van der Waals surface area contributed by atoms with Gasteiger partial charge in [-0.1, -0.05) is 6.07 Å². The van der Waals surface area contributed by atoms with Gasteiger partial charge in [0.05, 0.1) is 29.4 Å². The van der Waals surface area contributed by atoms with Gasteiger partial charge >= 0.3 is 0 Å². The topological polar surface area (TPSA) is 91.8 Å². The number of likely N-dealkylation sites (tertiary alicyclic amines) is 1. The number of fused-ring (bicyclic) bond motifs is 1. The largest absolute Gasteiger partial charge is 0.388 e. The molecule has 1 aromatic carbocycles. The number of carbonyl (C=O) groups is 2. The Kier molecular flexibility index (Phi) is 5.04. The molecule has 2 aliphatic heterocycles. The lowest BCUT2D eigenvalue weighted by atomic mass is 9.75. The van der Waals surface area contributed by atoms with Gasteiger partial charge < -0.3 is 20.1 Å². The zero-order valence-corrected chi connectivity index (χ0v) is 16.9. The normalized spacial score (nSPS) is 26.4. The van der Waals surface area contributed by atoms with Crippen molar-refractivity contribution < 1.29 is 19.4 Å². The monoisotopic (exact) mass is 397 g/mol. The number of piperidine rings is 1. The van der Waals surface area contributed by atoms with E-state index in [0.29, 0.717) is 37.9 Å². The molecule has 2 atom stereocenters. The third-order valence-electron chi connectivity index (χ3n) is 6.18. The zero-order valence-electron chi connectivity index (χ0n) is 16.9. The number of ether oxygens (including phenoxy) is 1. The van der Waals surface area contributed by atoms with Crippen molar-refractivity contribution in [2.45, 2.75) is 50.4 Å². The standard InChI is InChI=1S/C22H27N3O4/c1-15(26)24-19-13-29-22(14-21(19,2)28)7-10-25(11-8-22)20(27)17-5-6-18-16(12-17)4-3-9-23-18/h3-6,9,12,19,28H,7-8,10-11,13-14H2,1-2H3,(H,24,26)/t19-,21-/m0/s1. The number of aliphatic hydroxyl groups is 1. The predicted molar refractivity (Wildman–Crippen MR) is 108 cm³/mol. The van der Waals surface area contributed by atoms with Gasteiger partial charge in [-0.2, -0.15) is 0 Å². The minimum absolute atomic E-state index is 0.00398. The maximum absolute atomic E-state index is 13.0. The SMILES string of the molecule is CC(=O)N[C@H]1COC2(CCN(C(=O)c3ccc4ncccc4c3)CC2)C[C@]1(C)O. The molecule has 2 aromatic rings. The molecule has 2 fully saturated rings. The summed E-state index contributed by atoms with van der Waals surface area (Å²) in [5, 5.41) is 14.6. The molecular weight excluding hydrogens is 370 g/mol. The second-order valence-electron chi connectivity index (χ2n) is 8.48. The molecule has 0 unspecified atom stereocenters. The summed E-state index contributed by atoms with van der Waals surface area (Å²) in [6.45, 7) is 4.61. The number of benzene rings is 1. The van der Waals surface area contributed by atoms with Gasteiger partial charge in [0.2, 0.25) is 5.91 Å². The molecule has 2 N–H and O–H groups in total. The summed E-state index contributed by atoms with van der Waals surface area (Å²) in [5.41, 5.74) is 0.0289. The van der Waals surface area contributed by atoms with Gasteiger partial charge in [0, 0.05) is 43.6 Å². The van der Waals surface area contributed by atoms with Crippen molar-refractivity contribution in [3.8, 4) is 0 Å². The number of pyridine rings is 1. The van der Waals surface area contributed by atoms with E-state index in [2.05, 4.69) is 10.3 Å². The van der Waals surface area contributed by atoms with Gasteiger partial charge in [0.25, 0.3) is 5.91 Å². The number of nitrogens with zero attached hydrogens (tertiary/aromatic N) is 2. The summed E-state index contributed by atoms with van der Waals surface area (Å²) in [7, 11) is 0. The van der Waals surface area contributed by atoms with Gasteiger partial charge in [-0.15, -0.1) is 0 Å². The van der Waals surface area contributed by atoms with E-state index in [1.807, 2.05) is 35.2 Å². The molecule has 2 amide bonds. The first-order valence-electron chi connectivity index (χ1n) is 10.1. The van der Waals surface area contributed by atoms with Crippen molar-refractivity contribution in [1.29, 1.82) is 0 Å². The van der Waals surface area contributed by atoms with E-state index in [4.69, 9.17) is 4.74 Å². The molecule has 0 saturated carbocycles. The van der Waals surface area contributed by atoms with E-state index in [0.717, 1.165) is 10.9 Å². The Morgan fingerprint density at radius 2 is 2.03 bits per heavy atom. The van der Waals surface area contributed by atoms with Gasteiger partial charge in [0.1, 0.15) is 0 Å². The highest BCUT2D eigenvalue weighted by Gasteiger charge is 2.49. The van der Waals surface area contributed by atoms with Crippen LogP contribution in [-0.2, 0) is 9.53 Å². The van der Waals surface area contributed by atoms with Gasteiger partial charge in [0.15, 0.2) is 0 Å². The van der Waals surface area contributed by atoms with Crippen LogP contribution in [0.25, 0.3) is 10.9 Å². The number of rotatable bonds is 2. The minimum Gasteiger partial charge on any atom is -0.388 e. The number of aromatic nitrogens is 1. The van der Waals surface area contributed by atoms with E-state index in [1.54, 1.807) is 13.1 Å². The summed E-state index contributed by atoms with van der Waals surface area (Å²) in [5.74, 6) is -0.176. The first kappa shape index (κ1) is 19.8. The Hall–Kier alpha value is -2.51. The van der Waals surface area contributed by atoms with Crippen LogP contribution in [0.15, 0.2) is 36.5 Å². The van der Waals surface area contributed by atoms with Crippen molar-refractivity contribution in [1.82, 2.24) is 15.2 Å². The van der Waals surface area contributed by atoms with Crippen molar-refractivity contribution in [3.05, 3.63) is 42.1 Å². The van der Waals surface area contributed by atoms with Crippen molar-refractivity contribution >= 4 is 22.7 Å². The molecule has 2 aliphatic rings. The van der Waals surface area contributed by atoms with Crippen LogP contribution in [-0.4, -0.2) is 63.7 Å². The fourth-order valence-electron chi connectivity index (χ4n) is 4.54. The van der Waals surface area contributed by atoms with Crippen LogP contribution in [0.4, 0.5) is 0 Å². The third kappa shape index (κ3) is 3.97. The summed E-state index contributed by atoms with van der Waals surface area (Å²) in [6, 6.07) is 8.97. The van der Waals surface area contributed by atoms with Crippen LogP contribution in [0, 0.1) is 0 Å². The quantitative estimate of drug-likeness (QED) is 0.807. The van der Waals surface area contributed by atoms with Crippen LogP contribution in [0.5, 0.6) is 0 Å². The molecular formula is C22H27N3O4. The zero-order chi connectivity index (χ0) is 20.6. The fraction of sp³-hybridized carbons (Fsp3) is 0.500. The summed E-state index contributed by atoms with van der Waals surface area (Å²) in [4.78, 5) is 30.5. The molecule has 2 saturated heterocycles. The lowest BCUT2D eigenvalue weighted by Crippen LogP contribution is -2.64. The van der Waals surface area contributed by atoms with Crippen molar-refractivity contribution in [2.24, 2.45) is 0 Å². The van der Waals surface area contributed by atoms with Crippen LogP contribution < -0.4 is 5.32 Å². The van der Waals surface area contributed by atoms with E-state index >= 15 is 0 Å². The number of amides is 2. The van der Waals surface area contributed by atoms with Gasteiger partial charge in [-0.25, -0.2) is 0 Å². The van der Waals surface area contributed by atoms with Crippen LogP contribution in [0.2, 0.25) is 0 Å². The summed E-state index contributed by atoms with van der Waals surface area (Å²) >= 11 is 0. The minimum atomic E-state index is -1.04. The van der Waals surface area contributed by atoms with Gasteiger partial charge in [-0.05, 0) is 44.0 Å². The van der Waals surface area contributed by atoms with Crippen LogP contribution >= 0.6 is 0 Å². The van der Waals surface area contributed by atoms with E-state index in [1.165, 1.54) is 6.92 Å². The Morgan fingerprint density at radius 3 is 2.72 bits per heavy atom. The molecule has 0 bridgehead atoms. The second kappa shape index (κ2) is 7.39. The average Bonchev–Trinajstić information content (AvgIpc) is 2.69. The Labute approximate surface area is 170 Å². The highest BCUT2D eigenvalue weighted by Crippen LogP contribution is 2.39. The maximum atomic E-state index is 13.0. The molecule has 7 nitrogen and oxygen atoms in total. The highest BCUT2D eigenvalue weighted by molar-refractivity contribution is 5.98. The number of hydrogen-bond donors (Lipinski definition) is 2. The number of nitrogens with one attached hydrogen (secondary N) is 1. The molecule has 154 valence electrons. The third-order valence-corrected chi connectivity index (χ3v) is 6.18. The fourth-order valence-corrected chi connectivity index (χ4v) is 4.54. The van der Waals surface area contributed by atoms with Crippen molar-refractivity contribution in [2.75, 3.05) is 19.7 Å². The maximum Gasteiger partial charge on any atom is 0.253 e.